The van der Waals surface area contributed by atoms with Crippen molar-refractivity contribution in [3.8, 4) is 17.1 Å². The Bertz CT molecular complexity index is 1130. The molecule has 0 atom stereocenters. The van der Waals surface area contributed by atoms with Gasteiger partial charge in [-0.3, -0.25) is 0 Å². The van der Waals surface area contributed by atoms with E-state index in [9.17, 15) is 8.42 Å². The molecule has 0 amide bonds. The van der Waals surface area contributed by atoms with Gasteiger partial charge in [0.25, 0.3) is 0 Å². The maximum Gasteiger partial charge on any atom is 0.340 e. The minimum Gasteiger partial charge on any atom is -0.368 e. The van der Waals surface area contributed by atoms with E-state index in [-0.39, 0.29) is 16.7 Å². The quantitative estimate of drug-likeness (QED) is 0.680. The van der Waals surface area contributed by atoms with Crippen molar-refractivity contribution in [1.29, 1.82) is 0 Å². The highest BCUT2D eigenvalue weighted by Gasteiger charge is 2.25. The summed E-state index contributed by atoms with van der Waals surface area (Å²) >= 11 is 0. The molecule has 0 spiro atoms. The van der Waals surface area contributed by atoms with E-state index in [1.807, 2.05) is 25.1 Å². The Morgan fingerprint density at radius 1 is 0.964 bits per heavy atom. The third kappa shape index (κ3) is 3.57. The van der Waals surface area contributed by atoms with Gasteiger partial charge >= 0.3 is 10.1 Å². The van der Waals surface area contributed by atoms with Crippen molar-refractivity contribution in [1.82, 2.24) is 9.97 Å². The van der Waals surface area contributed by atoms with Gasteiger partial charge in [-0.15, -0.1) is 0 Å². The number of nitrogens with two attached hydrogens (primary N) is 1. The average molecular weight is 395 g/mol. The molecule has 144 valence electrons. The van der Waals surface area contributed by atoms with E-state index in [2.05, 4.69) is 16.0 Å². The van der Waals surface area contributed by atoms with E-state index < -0.39 is 10.1 Å². The molecule has 0 bridgehead atoms. The summed E-state index contributed by atoms with van der Waals surface area (Å²) < 4.78 is 31.0. The smallest absolute Gasteiger partial charge is 0.340 e. The van der Waals surface area contributed by atoms with Crippen LogP contribution in [0.25, 0.3) is 11.3 Å². The summed E-state index contributed by atoms with van der Waals surface area (Å²) in [6.07, 6.45) is 3.45. The second kappa shape index (κ2) is 7.24. The summed E-state index contributed by atoms with van der Waals surface area (Å²) in [5, 5.41) is 0. The predicted molar refractivity (Wildman–Crippen MR) is 108 cm³/mol. The van der Waals surface area contributed by atoms with E-state index in [0.717, 1.165) is 36.0 Å². The lowest BCUT2D eigenvalue weighted by atomic mass is 9.91. The van der Waals surface area contributed by atoms with Crippen molar-refractivity contribution >= 4 is 16.1 Å². The van der Waals surface area contributed by atoms with Gasteiger partial charge in [0.2, 0.25) is 11.8 Å². The predicted octanol–water partition coefficient (Wildman–Crippen LogP) is 3.68. The Balaban J connectivity index is 1.83. The first kappa shape index (κ1) is 18.4. The molecular weight excluding hydrogens is 374 g/mol. The number of nitrogen functional groups attached to an aromatic ring is 1. The molecule has 28 heavy (non-hydrogen) atoms. The monoisotopic (exact) mass is 395 g/mol. The fraction of sp³-hybridized carbons (Fsp3) is 0.238. The van der Waals surface area contributed by atoms with Crippen LogP contribution >= 0.6 is 0 Å². The first-order valence-electron chi connectivity index (χ1n) is 9.20. The van der Waals surface area contributed by atoms with Gasteiger partial charge in [-0.05, 0) is 50.3 Å². The van der Waals surface area contributed by atoms with Gasteiger partial charge in [0.05, 0.1) is 5.69 Å². The first-order chi connectivity index (χ1) is 13.4. The van der Waals surface area contributed by atoms with Crippen LogP contribution in [0.3, 0.4) is 0 Å². The summed E-state index contributed by atoms with van der Waals surface area (Å²) in [6.45, 7) is 1.89. The summed E-state index contributed by atoms with van der Waals surface area (Å²) in [5.74, 6) is 0.00279. The number of fused-ring (bicyclic) bond motifs is 3. The van der Waals surface area contributed by atoms with Crippen molar-refractivity contribution < 1.29 is 12.6 Å². The molecule has 3 aromatic rings. The number of rotatable bonds is 3. The number of hydrogen-bond acceptors (Lipinski definition) is 6. The van der Waals surface area contributed by atoms with Crippen LogP contribution in [0.5, 0.6) is 5.88 Å². The van der Waals surface area contributed by atoms with Crippen molar-refractivity contribution in [2.75, 3.05) is 5.73 Å². The zero-order valence-corrected chi connectivity index (χ0v) is 16.4. The Kier molecular flexibility index (Phi) is 4.77. The molecule has 4 rings (SSSR count). The number of nitrogens with zero attached hydrogens (tertiary/aromatic N) is 2. The summed E-state index contributed by atoms with van der Waals surface area (Å²) in [6, 6.07) is 14.5. The number of anilines is 1. The zero-order valence-electron chi connectivity index (χ0n) is 15.6. The van der Waals surface area contributed by atoms with Crippen LogP contribution in [0.2, 0.25) is 0 Å². The van der Waals surface area contributed by atoms with Gasteiger partial charge < -0.3 is 9.92 Å². The van der Waals surface area contributed by atoms with Crippen LogP contribution in [-0.4, -0.2) is 18.4 Å². The minimum atomic E-state index is -4.02. The molecule has 0 fully saturated rings. The summed E-state index contributed by atoms with van der Waals surface area (Å²) in [5.41, 5.74) is 10.3. The molecule has 1 aliphatic carbocycles. The van der Waals surface area contributed by atoms with Gasteiger partial charge in [0.15, 0.2) is 0 Å². The largest absolute Gasteiger partial charge is 0.368 e. The fourth-order valence-corrected chi connectivity index (χ4v) is 4.35. The van der Waals surface area contributed by atoms with Gasteiger partial charge in [-0.1, -0.05) is 42.0 Å². The highest BCUT2D eigenvalue weighted by atomic mass is 32.2. The zero-order chi connectivity index (χ0) is 19.7. The van der Waals surface area contributed by atoms with E-state index in [4.69, 9.17) is 9.92 Å². The fourth-order valence-electron chi connectivity index (χ4n) is 3.44. The average Bonchev–Trinajstić information content (AvgIpc) is 2.64. The van der Waals surface area contributed by atoms with Gasteiger partial charge in [0, 0.05) is 11.1 Å². The number of aromatic nitrogens is 2. The molecular formula is C21H21N3O3S. The molecule has 1 aliphatic rings. The van der Waals surface area contributed by atoms with Crippen LogP contribution in [0.1, 0.15) is 29.5 Å². The summed E-state index contributed by atoms with van der Waals surface area (Å²) in [4.78, 5) is 8.63. The molecule has 2 N–H and O–H groups in total. The topological polar surface area (TPSA) is 95.2 Å². The van der Waals surface area contributed by atoms with Crippen molar-refractivity contribution in [3.63, 3.8) is 0 Å². The van der Waals surface area contributed by atoms with Crippen LogP contribution < -0.4 is 9.92 Å². The number of benzene rings is 2. The Labute approximate surface area is 164 Å². The van der Waals surface area contributed by atoms with E-state index in [1.54, 1.807) is 12.1 Å². The normalized spacial score (nSPS) is 13.8. The maximum absolute atomic E-state index is 12.8. The number of aryl methyl sites for hydroxylation is 2. The molecule has 0 unspecified atom stereocenters. The van der Waals surface area contributed by atoms with E-state index >= 15 is 0 Å². The molecule has 1 heterocycles. The molecule has 0 radical (unpaired) electrons. The molecule has 0 saturated carbocycles. The SMILES string of the molecule is Cc1ccc(S(=O)(=O)Oc2nc(N)nc3c2CCCCc2ccccc2-3)cc1. The molecule has 6 nitrogen and oxygen atoms in total. The lowest BCUT2D eigenvalue weighted by molar-refractivity contribution is 0.471. The summed E-state index contributed by atoms with van der Waals surface area (Å²) in [7, 11) is -4.02. The highest BCUT2D eigenvalue weighted by Crippen LogP contribution is 2.35. The molecule has 0 saturated heterocycles. The third-order valence-corrected chi connectivity index (χ3v) is 6.11. The minimum absolute atomic E-state index is 0.0109. The maximum atomic E-state index is 12.8. The van der Waals surface area contributed by atoms with E-state index in [0.29, 0.717) is 17.7 Å². The lowest BCUT2D eigenvalue weighted by Crippen LogP contribution is -2.15. The second-order valence-electron chi connectivity index (χ2n) is 6.93. The number of hydrogen-bond donors (Lipinski definition) is 1. The van der Waals surface area contributed by atoms with Crippen molar-refractivity contribution in [2.45, 2.75) is 37.5 Å². The molecule has 7 heteroatoms. The van der Waals surface area contributed by atoms with Crippen LogP contribution in [0, 0.1) is 6.92 Å². The van der Waals surface area contributed by atoms with Crippen molar-refractivity contribution in [3.05, 3.63) is 65.2 Å². The second-order valence-corrected chi connectivity index (χ2v) is 8.48. The standard InChI is InChI=1S/C21H21N3O3S/c1-14-10-12-16(13-11-14)28(25,26)27-20-18-9-5-3-7-15-6-2-4-8-17(15)19(18)23-21(22)24-20/h2,4,6,8,10-13H,3,5,7,9H2,1H3,(H2,22,23,24). The Morgan fingerprint density at radius 3 is 2.46 bits per heavy atom. The van der Waals surface area contributed by atoms with Gasteiger partial charge in [0.1, 0.15) is 4.90 Å². The Morgan fingerprint density at radius 2 is 1.68 bits per heavy atom. The Hall–Kier alpha value is -2.93. The first-order valence-corrected chi connectivity index (χ1v) is 10.6. The van der Waals surface area contributed by atoms with Crippen LogP contribution in [-0.2, 0) is 23.0 Å². The molecule has 1 aromatic heterocycles. The van der Waals surface area contributed by atoms with Gasteiger partial charge in [-0.25, -0.2) is 4.98 Å². The lowest BCUT2D eigenvalue weighted by Gasteiger charge is -2.19. The molecule has 2 aromatic carbocycles. The van der Waals surface area contributed by atoms with Gasteiger partial charge in [-0.2, -0.15) is 13.4 Å². The van der Waals surface area contributed by atoms with Crippen LogP contribution in [0.4, 0.5) is 5.95 Å². The molecule has 0 aliphatic heterocycles. The third-order valence-electron chi connectivity index (χ3n) is 4.88. The van der Waals surface area contributed by atoms with Crippen LogP contribution in [0.15, 0.2) is 53.4 Å². The van der Waals surface area contributed by atoms with Crippen molar-refractivity contribution in [2.24, 2.45) is 0 Å². The highest BCUT2D eigenvalue weighted by molar-refractivity contribution is 7.87. The van der Waals surface area contributed by atoms with E-state index in [1.165, 1.54) is 12.1 Å².